The second-order valence-electron chi connectivity index (χ2n) is 7.59. The Balaban J connectivity index is 1.23. The lowest BCUT2D eigenvalue weighted by molar-refractivity contribution is 0.331. The van der Waals surface area contributed by atoms with Crippen LogP contribution < -0.4 is 10.6 Å². The summed E-state index contributed by atoms with van der Waals surface area (Å²) in [4.78, 5) is 10.8. The van der Waals surface area contributed by atoms with Gasteiger partial charge in [-0.25, -0.2) is 9.67 Å². The van der Waals surface area contributed by atoms with E-state index in [0.29, 0.717) is 6.54 Å². The summed E-state index contributed by atoms with van der Waals surface area (Å²) in [7, 11) is 1.79. The Morgan fingerprint density at radius 1 is 0.900 bits per heavy atom. The first kappa shape index (κ1) is 20.1. The fraction of sp³-hybridized carbons (Fsp3) is 0.348. The van der Waals surface area contributed by atoms with Crippen LogP contribution in [0.25, 0.3) is 5.69 Å². The van der Waals surface area contributed by atoms with Crippen molar-refractivity contribution in [3.63, 3.8) is 0 Å². The molecule has 156 valence electrons. The zero-order valence-corrected chi connectivity index (χ0v) is 17.5. The number of hydrogen-bond acceptors (Lipinski definition) is 4. The minimum atomic E-state index is 0.700. The van der Waals surface area contributed by atoms with Gasteiger partial charge in [-0.2, -0.15) is 5.10 Å². The molecule has 0 atom stereocenters. The molecule has 0 unspecified atom stereocenters. The van der Waals surface area contributed by atoms with Crippen LogP contribution in [-0.2, 0) is 19.6 Å². The van der Waals surface area contributed by atoms with Crippen molar-refractivity contribution in [1.29, 1.82) is 0 Å². The average Bonchev–Trinajstić information content (AvgIpc) is 3.50. The third kappa shape index (κ3) is 5.45. The number of nitrogens with zero attached hydrogens (tertiary/aromatic N) is 5. The van der Waals surface area contributed by atoms with Crippen LogP contribution in [0.1, 0.15) is 29.5 Å². The van der Waals surface area contributed by atoms with E-state index < -0.39 is 0 Å². The van der Waals surface area contributed by atoms with Crippen molar-refractivity contribution in [2.75, 3.05) is 20.1 Å². The number of aliphatic imine (C=N–C) groups is 1. The Bertz CT molecular complexity index is 925. The average molecular weight is 404 g/mol. The quantitative estimate of drug-likeness (QED) is 0.469. The van der Waals surface area contributed by atoms with Crippen LogP contribution in [0.15, 0.2) is 66.2 Å². The van der Waals surface area contributed by atoms with Crippen LogP contribution in [-0.4, -0.2) is 45.8 Å². The Morgan fingerprint density at radius 2 is 1.50 bits per heavy atom. The first-order valence-electron chi connectivity index (χ1n) is 10.5. The molecule has 1 aliphatic heterocycles. The van der Waals surface area contributed by atoms with Gasteiger partial charge in [-0.05, 0) is 54.8 Å². The van der Waals surface area contributed by atoms with Crippen molar-refractivity contribution in [2.45, 2.75) is 32.5 Å². The van der Waals surface area contributed by atoms with Gasteiger partial charge in [-0.15, -0.1) is 0 Å². The summed E-state index contributed by atoms with van der Waals surface area (Å²) in [6.07, 6.45) is 5.89. The molecule has 1 fully saturated rings. The lowest BCUT2D eigenvalue weighted by Gasteiger charge is -2.15. The molecule has 0 spiro atoms. The normalized spacial score (nSPS) is 14.8. The summed E-state index contributed by atoms with van der Waals surface area (Å²) < 4.78 is 1.74. The minimum Gasteiger partial charge on any atom is -0.352 e. The molecule has 1 saturated heterocycles. The van der Waals surface area contributed by atoms with Crippen LogP contribution >= 0.6 is 0 Å². The lowest BCUT2D eigenvalue weighted by atomic mass is 10.1. The number of benzene rings is 2. The number of rotatable bonds is 7. The molecule has 0 amide bonds. The molecule has 7 heteroatoms. The van der Waals surface area contributed by atoms with E-state index in [1.807, 2.05) is 12.1 Å². The summed E-state index contributed by atoms with van der Waals surface area (Å²) in [5.41, 5.74) is 4.80. The highest BCUT2D eigenvalue weighted by Gasteiger charge is 2.11. The number of likely N-dealkylation sites (tertiary alicyclic amines) is 1. The van der Waals surface area contributed by atoms with E-state index in [2.05, 4.69) is 67.0 Å². The van der Waals surface area contributed by atoms with Gasteiger partial charge >= 0.3 is 0 Å². The molecule has 0 aliphatic carbocycles. The minimum absolute atomic E-state index is 0.700. The van der Waals surface area contributed by atoms with E-state index in [0.717, 1.165) is 24.7 Å². The van der Waals surface area contributed by atoms with E-state index in [1.165, 1.54) is 48.9 Å². The SMILES string of the molecule is CN=C(NCc1ccc(CN2CCCC2)cc1)NCc1ccc(-n2cncn2)cc1. The van der Waals surface area contributed by atoms with Gasteiger partial charge in [-0.3, -0.25) is 9.89 Å². The smallest absolute Gasteiger partial charge is 0.191 e. The Hall–Kier alpha value is -3.19. The molecule has 0 bridgehead atoms. The Labute approximate surface area is 177 Å². The molecule has 1 aromatic heterocycles. The highest BCUT2D eigenvalue weighted by atomic mass is 15.3. The van der Waals surface area contributed by atoms with Crippen LogP contribution in [0.2, 0.25) is 0 Å². The zero-order valence-electron chi connectivity index (χ0n) is 17.5. The van der Waals surface area contributed by atoms with Gasteiger partial charge in [0.05, 0.1) is 5.69 Å². The van der Waals surface area contributed by atoms with Gasteiger partial charge in [0.2, 0.25) is 0 Å². The van der Waals surface area contributed by atoms with Crippen molar-refractivity contribution >= 4 is 5.96 Å². The fourth-order valence-electron chi connectivity index (χ4n) is 3.66. The number of guanidine groups is 1. The van der Waals surface area contributed by atoms with Gasteiger partial charge < -0.3 is 10.6 Å². The number of hydrogen-bond donors (Lipinski definition) is 2. The maximum Gasteiger partial charge on any atom is 0.191 e. The molecule has 0 saturated carbocycles. The second kappa shape index (κ2) is 10.0. The summed E-state index contributed by atoms with van der Waals surface area (Å²) in [6, 6.07) is 17.1. The molecule has 7 nitrogen and oxygen atoms in total. The van der Waals surface area contributed by atoms with Crippen molar-refractivity contribution in [3.8, 4) is 5.69 Å². The standard InChI is InChI=1S/C23H29N7/c1-24-23(27-15-20-8-10-22(11-9-20)30-18-25-17-28-30)26-14-19-4-6-21(7-5-19)16-29-12-2-3-13-29/h4-11,17-18H,2-3,12-16H2,1H3,(H2,24,26,27). The summed E-state index contributed by atoms with van der Waals surface area (Å²) in [6.45, 7) is 4.97. The van der Waals surface area contributed by atoms with E-state index in [1.54, 1.807) is 18.1 Å². The van der Waals surface area contributed by atoms with Gasteiger partial charge in [0.1, 0.15) is 12.7 Å². The van der Waals surface area contributed by atoms with Crippen LogP contribution in [0.3, 0.4) is 0 Å². The maximum absolute atomic E-state index is 4.33. The van der Waals surface area contributed by atoms with E-state index in [4.69, 9.17) is 0 Å². The Morgan fingerprint density at radius 3 is 2.07 bits per heavy atom. The lowest BCUT2D eigenvalue weighted by Crippen LogP contribution is -2.36. The van der Waals surface area contributed by atoms with E-state index >= 15 is 0 Å². The van der Waals surface area contributed by atoms with Crippen LogP contribution in [0, 0.1) is 0 Å². The van der Waals surface area contributed by atoms with E-state index in [-0.39, 0.29) is 0 Å². The Kier molecular flexibility index (Phi) is 6.72. The third-order valence-electron chi connectivity index (χ3n) is 5.39. The molecule has 1 aliphatic rings. The molecular weight excluding hydrogens is 374 g/mol. The molecular formula is C23H29N7. The van der Waals surface area contributed by atoms with Crippen molar-refractivity contribution < 1.29 is 0 Å². The van der Waals surface area contributed by atoms with Crippen LogP contribution in [0.4, 0.5) is 0 Å². The molecule has 30 heavy (non-hydrogen) atoms. The summed E-state index contributed by atoms with van der Waals surface area (Å²) >= 11 is 0. The zero-order chi connectivity index (χ0) is 20.6. The third-order valence-corrected chi connectivity index (χ3v) is 5.39. The highest BCUT2D eigenvalue weighted by Crippen LogP contribution is 2.13. The largest absolute Gasteiger partial charge is 0.352 e. The molecule has 3 aromatic rings. The van der Waals surface area contributed by atoms with Gasteiger partial charge in [0.25, 0.3) is 0 Å². The predicted molar refractivity (Wildman–Crippen MR) is 119 cm³/mol. The monoisotopic (exact) mass is 403 g/mol. The second-order valence-corrected chi connectivity index (χ2v) is 7.59. The first-order valence-corrected chi connectivity index (χ1v) is 10.5. The molecule has 2 aromatic carbocycles. The summed E-state index contributed by atoms with van der Waals surface area (Å²) in [5.74, 6) is 0.788. The first-order chi connectivity index (χ1) is 14.8. The summed E-state index contributed by atoms with van der Waals surface area (Å²) in [5, 5.41) is 10.9. The maximum atomic E-state index is 4.33. The highest BCUT2D eigenvalue weighted by molar-refractivity contribution is 5.79. The molecule has 0 radical (unpaired) electrons. The van der Waals surface area contributed by atoms with Crippen molar-refractivity contribution in [1.82, 2.24) is 30.3 Å². The predicted octanol–water partition coefficient (Wildman–Crippen LogP) is 2.73. The van der Waals surface area contributed by atoms with Gasteiger partial charge in [0.15, 0.2) is 5.96 Å². The van der Waals surface area contributed by atoms with Gasteiger partial charge in [0, 0.05) is 26.7 Å². The van der Waals surface area contributed by atoms with E-state index in [9.17, 15) is 0 Å². The molecule has 2 heterocycles. The number of aromatic nitrogens is 3. The topological polar surface area (TPSA) is 70.4 Å². The van der Waals surface area contributed by atoms with Crippen molar-refractivity contribution in [3.05, 3.63) is 77.9 Å². The molecule has 2 N–H and O–H groups in total. The van der Waals surface area contributed by atoms with Gasteiger partial charge in [-0.1, -0.05) is 36.4 Å². The number of nitrogens with one attached hydrogen (secondary N) is 2. The van der Waals surface area contributed by atoms with Crippen LogP contribution in [0.5, 0.6) is 0 Å². The molecule has 4 rings (SSSR count). The van der Waals surface area contributed by atoms with Crippen molar-refractivity contribution in [2.24, 2.45) is 4.99 Å². The fourth-order valence-corrected chi connectivity index (χ4v) is 3.66.